The molecule has 10 nitrogen and oxygen atoms in total. The van der Waals surface area contributed by atoms with Crippen LogP contribution in [0, 0.1) is 0 Å². The molecule has 5 amide bonds. The molecule has 0 fully saturated rings. The Hall–Kier alpha value is -2.65. The first-order chi connectivity index (χ1) is 11.5. The molecule has 0 aromatic heterocycles. The van der Waals surface area contributed by atoms with Gasteiger partial charge in [0.1, 0.15) is 24.2 Å². The van der Waals surface area contributed by atoms with Crippen molar-refractivity contribution < 1.29 is 24.0 Å². The summed E-state index contributed by atoms with van der Waals surface area (Å²) in [6, 6.07) is -3.34. The van der Waals surface area contributed by atoms with Crippen LogP contribution in [-0.4, -0.2) is 60.8 Å². The topological polar surface area (TPSA) is 146 Å². The molecule has 4 atom stereocenters. The van der Waals surface area contributed by atoms with Gasteiger partial charge in [-0.05, 0) is 27.7 Å². The second kappa shape index (κ2) is 10.3. The summed E-state index contributed by atoms with van der Waals surface area (Å²) in [6.45, 7) is 7.18. The number of hydrogen-bond donors (Lipinski definition) is 5. The zero-order valence-corrected chi connectivity index (χ0v) is 15.4. The number of carbonyl (C=O) groups is 5. The molecule has 10 heteroatoms. The Kier molecular flexibility index (Phi) is 9.18. The highest BCUT2D eigenvalue weighted by molar-refractivity contribution is 5.94. The van der Waals surface area contributed by atoms with E-state index in [9.17, 15) is 24.0 Å². The molecule has 0 saturated heterocycles. The van der Waals surface area contributed by atoms with Crippen molar-refractivity contribution >= 4 is 29.5 Å². The summed E-state index contributed by atoms with van der Waals surface area (Å²) >= 11 is 0. The first-order valence-electron chi connectivity index (χ1n) is 7.89. The molecule has 0 unspecified atom stereocenters. The number of likely N-dealkylation sites (N-methyl/N-ethyl adjacent to an activating group) is 1. The number of rotatable bonds is 8. The third-order valence-corrected chi connectivity index (χ3v) is 3.32. The minimum Gasteiger partial charge on any atom is -0.357 e. The Morgan fingerprint density at radius 2 is 0.840 bits per heavy atom. The first-order valence-corrected chi connectivity index (χ1v) is 7.89. The lowest BCUT2D eigenvalue weighted by atomic mass is 10.2. The van der Waals surface area contributed by atoms with Crippen LogP contribution in [-0.2, 0) is 24.0 Å². The van der Waals surface area contributed by atoms with Crippen molar-refractivity contribution in [3.8, 4) is 0 Å². The van der Waals surface area contributed by atoms with E-state index in [4.69, 9.17) is 0 Å². The Morgan fingerprint density at radius 3 is 1.12 bits per heavy atom. The predicted molar refractivity (Wildman–Crippen MR) is 90.2 cm³/mol. The SMILES string of the molecule is CNC(=O)[C@H](C)NC(=O)[C@H](C)NC(=O)[C@H](C)NC(=O)[C@H](C)NC(C)=O. The summed E-state index contributed by atoms with van der Waals surface area (Å²) in [6.07, 6.45) is 0. The molecule has 0 aliphatic carbocycles. The van der Waals surface area contributed by atoms with E-state index >= 15 is 0 Å². The quantitative estimate of drug-likeness (QED) is 0.334. The van der Waals surface area contributed by atoms with E-state index in [-0.39, 0.29) is 11.8 Å². The van der Waals surface area contributed by atoms with Gasteiger partial charge in [0.2, 0.25) is 29.5 Å². The van der Waals surface area contributed by atoms with Gasteiger partial charge in [-0.2, -0.15) is 0 Å². The zero-order chi connectivity index (χ0) is 19.7. The van der Waals surface area contributed by atoms with Gasteiger partial charge < -0.3 is 26.6 Å². The number of carbonyl (C=O) groups excluding carboxylic acids is 5. The Bertz CT molecular complexity index is 536. The second-order valence-corrected chi connectivity index (χ2v) is 5.73. The van der Waals surface area contributed by atoms with Crippen LogP contribution in [0.2, 0.25) is 0 Å². The Morgan fingerprint density at radius 1 is 0.560 bits per heavy atom. The van der Waals surface area contributed by atoms with Crippen LogP contribution < -0.4 is 26.6 Å². The molecule has 142 valence electrons. The lowest BCUT2D eigenvalue weighted by Gasteiger charge is -2.21. The van der Waals surface area contributed by atoms with Gasteiger partial charge >= 0.3 is 0 Å². The number of amides is 5. The van der Waals surface area contributed by atoms with E-state index in [2.05, 4.69) is 26.6 Å². The highest BCUT2D eigenvalue weighted by Crippen LogP contribution is 1.92. The fraction of sp³-hybridized carbons (Fsp3) is 0.667. The molecule has 0 heterocycles. The summed E-state index contributed by atoms with van der Waals surface area (Å²) in [7, 11) is 1.45. The van der Waals surface area contributed by atoms with Crippen molar-refractivity contribution in [2.75, 3.05) is 7.05 Å². The predicted octanol–water partition coefficient (Wildman–Crippen LogP) is -2.23. The molecule has 0 radical (unpaired) electrons. The van der Waals surface area contributed by atoms with E-state index in [1.807, 2.05) is 0 Å². The zero-order valence-electron chi connectivity index (χ0n) is 15.4. The van der Waals surface area contributed by atoms with Crippen LogP contribution >= 0.6 is 0 Å². The third-order valence-electron chi connectivity index (χ3n) is 3.32. The van der Waals surface area contributed by atoms with E-state index < -0.39 is 41.9 Å². The standard InChI is InChI=1S/C15H27N5O5/c1-7(12(22)16-6)18-14(24)9(3)20-15(25)10(4)19-13(23)8(2)17-11(5)21/h7-10H,1-6H3,(H,16,22)(H,17,21)(H,18,24)(H,19,23)(H,20,25)/t7-,8-,9-,10-/m0/s1. The van der Waals surface area contributed by atoms with Gasteiger partial charge in [-0.25, -0.2) is 0 Å². The lowest BCUT2D eigenvalue weighted by Crippen LogP contribution is -2.56. The van der Waals surface area contributed by atoms with Gasteiger partial charge in [0, 0.05) is 14.0 Å². The summed E-state index contributed by atoms with van der Waals surface area (Å²) in [5, 5.41) is 12.1. The Balaban J connectivity index is 4.50. The van der Waals surface area contributed by atoms with Gasteiger partial charge in [0.25, 0.3) is 0 Å². The molecular formula is C15H27N5O5. The van der Waals surface area contributed by atoms with Gasteiger partial charge in [0.05, 0.1) is 0 Å². The van der Waals surface area contributed by atoms with Crippen LogP contribution in [0.4, 0.5) is 0 Å². The summed E-state index contributed by atoms with van der Waals surface area (Å²) in [5.41, 5.74) is 0. The highest BCUT2D eigenvalue weighted by atomic mass is 16.2. The van der Waals surface area contributed by atoms with Crippen molar-refractivity contribution in [1.29, 1.82) is 0 Å². The maximum atomic E-state index is 12.0. The average molecular weight is 357 g/mol. The monoisotopic (exact) mass is 357 g/mol. The largest absolute Gasteiger partial charge is 0.357 e. The third kappa shape index (κ3) is 8.13. The molecule has 25 heavy (non-hydrogen) atoms. The number of nitrogens with one attached hydrogen (secondary N) is 5. The highest BCUT2D eigenvalue weighted by Gasteiger charge is 2.24. The minimum absolute atomic E-state index is 0.362. The lowest BCUT2D eigenvalue weighted by molar-refractivity contribution is -0.133. The molecule has 0 spiro atoms. The van der Waals surface area contributed by atoms with E-state index in [1.165, 1.54) is 41.7 Å². The van der Waals surface area contributed by atoms with Gasteiger partial charge in [-0.1, -0.05) is 0 Å². The molecule has 0 aromatic carbocycles. The normalized spacial score (nSPS) is 15.0. The fourth-order valence-electron chi connectivity index (χ4n) is 1.80. The summed E-state index contributed by atoms with van der Waals surface area (Å²) < 4.78 is 0. The molecule has 0 aliphatic rings. The van der Waals surface area contributed by atoms with E-state index in [0.29, 0.717) is 0 Å². The second-order valence-electron chi connectivity index (χ2n) is 5.73. The minimum atomic E-state index is -0.907. The molecule has 0 rings (SSSR count). The molecule has 0 aromatic rings. The Labute approximate surface area is 146 Å². The molecule has 5 N–H and O–H groups in total. The maximum Gasteiger partial charge on any atom is 0.242 e. The van der Waals surface area contributed by atoms with Crippen molar-refractivity contribution in [3.05, 3.63) is 0 Å². The van der Waals surface area contributed by atoms with Crippen molar-refractivity contribution in [2.24, 2.45) is 0 Å². The first kappa shape index (κ1) is 22.4. The van der Waals surface area contributed by atoms with Crippen LogP contribution in [0.3, 0.4) is 0 Å². The maximum absolute atomic E-state index is 12.0. The van der Waals surface area contributed by atoms with Gasteiger partial charge in [-0.3, -0.25) is 24.0 Å². The molecule has 0 bridgehead atoms. The van der Waals surface area contributed by atoms with Crippen LogP contribution in [0.25, 0.3) is 0 Å². The average Bonchev–Trinajstić information content (AvgIpc) is 2.52. The van der Waals surface area contributed by atoms with E-state index in [1.54, 1.807) is 0 Å². The fourth-order valence-corrected chi connectivity index (χ4v) is 1.80. The smallest absolute Gasteiger partial charge is 0.242 e. The van der Waals surface area contributed by atoms with Crippen molar-refractivity contribution in [3.63, 3.8) is 0 Å². The van der Waals surface area contributed by atoms with Crippen molar-refractivity contribution in [1.82, 2.24) is 26.6 Å². The van der Waals surface area contributed by atoms with E-state index in [0.717, 1.165) is 0 Å². The van der Waals surface area contributed by atoms with Gasteiger partial charge in [-0.15, -0.1) is 0 Å². The molecule has 0 aliphatic heterocycles. The molecule has 0 saturated carbocycles. The van der Waals surface area contributed by atoms with Crippen LogP contribution in [0.1, 0.15) is 34.6 Å². The summed E-state index contributed by atoms with van der Waals surface area (Å²) in [5.74, 6) is -2.36. The van der Waals surface area contributed by atoms with Crippen molar-refractivity contribution in [2.45, 2.75) is 58.8 Å². The van der Waals surface area contributed by atoms with Gasteiger partial charge in [0.15, 0.2) is 0 Å². The van der Waals surface area contributed by atoms with Crippen LogP contribution in [0.5, 0.6) is 0 Å². The summed E-state index contributed by atoms with van der Waals surface area (Å²) in [4.78, 5) is 58.1. The van der Waals surface area contributed by atoms with Crippen LogP contribution in [0.15, 0.2) is 0 Å². The number of hydrogen-bond acceptors (Lipinski definition) is 5. The molecular weight excluding hydrogens is 330 g/mol.